The van der Waals surface area contributed by atoms with Crippen molar-refractivity contribution in [2.24, 2.45) is 0 Å². The summed E-state index contributed by atoms with van der Waals surface area (Å²) in [4.78, 5) is 35.0. The Balaban J connectivity index is 1.60. The Hall–Kier alpha value is -3.40. The zero-order chi connectivity index (χ0) is 23.5. The van der Waals surface area contributed by atoms with Crippen molar-refractivity contribution in [3.63, 3.8) is 0 Å². The fourth-order valence-electron chi connectivity index (χ4n) is 4.20. The van der Waals surface area contributed by atoms with E-state index < -0.39 is 0 Å². The summed E-state index contributed by atoms with van der Waals surface area (Å²) in [6, 6.07) is 3.49. The molecule has 0 spiro atoms. The lowest BCUT2D eigenvalue weighted by Crippen LogP contribution is -2.32. The van der Waals surface area contributed by atoms with Gasteiger partial charge in [0.15, 0.2) is 11.5 Å². The maximum atomic E-state index is 13.3. The minimum atomic E-state index is -0.303. The van der Waals surface area contributed by atoms with E-state index in [1.165, 1.54) is 14.2 Å². The summed E-state index contributed by atoms with van der Waals surface area (Å²) < 4.78 is 18.0. The number of amides is 1. The maximum Gasteiger partial charge on any atom is 0.258 e. The molecule has 10 heteroatoms. The van der Waals surface area contributed by atoms with E-state index in [1.807, 2.05) is 18.5 Å². The number of rotatable bonds is 7. The lowest BCUT2D eigenvalue weighted by Gasteiger charge is -2.24. The minimum Gasteiger partial charge on any atom is -0.493 e. The van der Waals surface area contributed by atoms with Crippen molar-refractivity contribution in [3.05, 3.63) is 45.8 Å². The Morgan fingerprint density at radius 3 is 2.61 bits per heavy atom. The number of benzene rings is 1. The molecule has 4 rings (SSSR count). The Bertz CT molecular complexity index is 1210. The van der Waals surface area contributed by atoms with Gasteiger partial charge < -0.3 is 24.1 Å². The molecule has 0 aliphatic carbocycles. The first-order valence-corrected chi connectivity index (χ1v) is 11.0. The molecule has 0 unspecified atom stereocenters. The van der Waals surface area contributed by atoms with Crippen molar-refractivity contribution in [2.75, 3.05) is 34.0 Å². The van der Waals surface area contributed by atoms with Gasteiger partial charge >= 0.3 is 0 Å². The molecule has 0 atom stereocenters. The van der Waals surface area contributed by atoms with Gasteiger partial charge in [-0.15, -0.1) is 0 Å². The number of H-pyrrole nitrogens is 1. The van der Waals surface area contributed by atoms with E-state index in [0.29, 0.717) is 53.5 Å². The standard InChI is InChI=1S/C23H29N5O5/c1-5-27(23(30)17-12-24-28(14(17)2)15-6-8-33-9-7-15)13-21-25-18-11-20(32-4)19(31-3)10-16(18)22(29)26-21/h10-12,15H,5-9,13H2,1-4H3,(H,25,26,29). The van der Waals surface area contributed by atoms with Crippen LogP contribution in [0.4, 0.5) is 0 Å². The van der Waals surface area contributed by atoms with Crippen LogP contribution in [0.5, 0.6) is 11.5 Å². The lowest BCUT2D eigenvalue weighted by molar-refractivity contribution is 0.0655. The highest BCUT2D eigenvalue weighted by Gasteiger charge is 2.25. The van der Waals surface area contributed by atoms with Crippen molar-refractivity contribution in [1.29, 1.82) is 0 Å². The molecule has 1 fully saturated rings. The summed E-state index contributed by atoms with van der Waals surface area (Å²) in [5, 5.41) is 4.88. The average Bonchev–Trinajstić information content (AvgIpc) is 3.23. The molecule has 176 valence electrons. The molecule has 1 aromatic carbocycles. The normalized spacial score (nSPS) is 14.4. The van der Waals surface area contributed by atoms with Crippen molar-refractivity contribution >= 4 is 16.8 Å². The van der Waals surface area contributed by atoms with Crippen LogP contribution in [0.25, 0.3) is 10.9 Å². The van der Waals surface area contributed by atoms with Crippen LogP contribution < -0.4 is 15.0 Å². The van der Waals surface area contributed by atoms with Gasteiger partial charge in [-0.2, -0.15) is 5.10 Å². The van der Waals surface area contributed by atoms with Gasteiger partial charge in [0.2, 0.25) is 0 Å². The molecule has 0 bridgehead atoms. The summed E-state index contributed by atoms with van der Waals surface area (Å²) in [5.74, 6) is 1.17. The largest absolute Gasteiger partial charge is 0.493 e. The van der Waals surface area contributed by atoms with Crippen LogP contribution in [0.15, 0.2) is 23.1 Å². The number of nitrogens with one attached hydrogen (secondary N) is 1. The average molecular weight is 456 g/mol. The molecular weight excluding hydrogens is 426 g/mol. The fraction of sp³-hybridized carbons (Fsp3) is 0.478. The smallest absolute Gasteiger partial charge is 0.258 e. The fourth-order valence-corrected chi connectivity index (χ4v) is 4.20. The molecule has 1 N–H and O–H groups in total. The predicted octanol–water partition coefficient (Wildman–Crippen LogP) is 2.46. The topological polar surface area (TPSA) is 112 Å². The summed E-state index contributed by atoms with van der Waals surface area (Å²) in [6.45, 7) is 5.83. The van der Waals surface area contributed by atoms with E-state index in [9.17, 15) is 9.59 Å². The van der Waals surface area contributed by atoms with Crippen LogP contribution in [-0.4, -0.2) is 64.5 Å². The molecule has 1 amide bonds. The van der Waals surface area contributed by atoms with Gasteiger partial charge in [0.05, 0.1) is 49.5 Å². The van der Waals surface area contributed by atoms with Gasteiger partial charge in [-0.3, -0.25) is 14.3 Å². The summed E-state index contributed by atoms with van der Waals surface area (Å²) in [6.07, 6.45) is 3.39. The van der Waals surface area contributed by atoms with E-state index in [1.54, 1.807) is 23.2 Å². The number of fused-ring (bicyclic) bond motifs is 1. The monoisotopic (exact) mass is 455 g/mol. The van der Waals surface area contributed by atoms with E-state index in [-0.39, 0.29) is 24.1 Å². The highest BCUT2D eigenvalue weighted by atomic mass is 16.5. The second kappa shape index (κ2) is 9.62. The van der Waals surface area contributed by atoms with Gasteiger partial charge in [-0.1, -0.05) is 0 Å². The number of carbonyl (C=O) groups is 1. The van der Waals surface area contributed by atoms with E-state index in [2.05, 4.69) is 15.1 Å². The third-order valence-electron chi connectivity index (χ3n) is 6.08. The molecule has 2 aromatic heterocycles. The SMILES string of the molecule is CCN(Cc1nc2cc(OC)c(OC)cc2c(=O)[nH]1)C(=O)c1cnn(C2CCOCC2)c1C. The zero-order valence-electron chi connectivity index (χ0n) is 19.4. The number of ether oxygens (including phenoxy) is 3. The Morgan fingerprint density at radius 2 is 1.94 bits per heavy atom. The van der Waals surface area contributed by atoms with Crippen LogP contribution in [-0.2, 0) is 11.3 Å². The Labute approximate surface area is 191 Å². The summed E-state index contributed by atoms with van der Waals surface area (Å²) in [5.41, 5.74) is 1.56. The molecule has 1 aliphatic heterocycles. The van der Waals surface area contributed by atoms with Gasteiger partial charge in [-0.25, -0.2) is 4.98 Å². The van der Waals surface area contributed by atoms with E-state index in [4.69, 9.17) is 14.2 Å². The van der Waals surface area contributed by atoms with Crippen molar-refractivity contribution in [3.8, 4) is 11.5 Å². The van der Waals surface area contributed by atoms with E-state index in [0.717, 1.165) is 18.5 Å². The van der Waals surface area contributed by atoms with Crippen molar-refractivity contribution in [1.82, 2.24) is 24.6 Å². The van der Waals surface area contributed by atoms with Gasteiger partial charge in [0, 0.05) is 31.5 Å². The molecule has 0 radical (unpaired) electrons. The third-order valence-corrected chi connectivity index (χ3v) is 6.08. The van der Waals surface area contributed by atoms with Gasteiger partial charge in [0.1, 0.15) is 5.82 Å². The molecule has 3 aromatic rings. The second-order valence-corrected chi connectivity index (χ2v) is 7.99. The predicted molar refractivity (Wildman–Crippen MR) is 122 cm³/mol. The number of nitrogens with zero attached hydrogens (tertiary/aromatic N) is 4. The van der Waals surface area contributed by atoms with Crippen molar-refractivity contribution in [2.45, 2.75) is 39.3 Å². The highest BCUT2D eigenvalue weighted by Crippen LogP contribution is 2.30. The van der Waals surface area contributed by atoms with Crippen LogP contribution in [0.2, 0.25) is 0 Å². The lowest BCUT2D eigenvalue weighted by atomic mass is 10.1. The quantitative estimate of drug-likeness (QED) is 0.582. The molecule has 33 heavy (non-hydrogen) atoms. The third kappa shape index (κ3) is 4.43. The van der Waals surface area contributed by atoms with Crippen molar-refractivity contribution < 1.29 is 19.0 Å². The first-order valence-electron chi connectivity index (χ1n) is 11.0. The van der Waals surface area contributed by atoms with Gasteiger partial charge in [0.25, 0.3) is 11.5 Å². The number of carbonyl (C=O) groups excluding carboxylic acids is 1. The number of hydrogen-bond donors (Lipinski definition) is 1. The number of methoxy groups -OCH3 is 2. The van der Waals surface area contributed by atoms with Crippen LogP contribution in [0.1, 0.15) is 47.7 Å². The first-order chi connectivity index (χ1) is 16.0. The first kappa shape index (κ1) is 22.8. The summed E-state index contributed by atoms with van der Waals surface area (Å²) >= 11 is 0. The minimum absolute atomic E-state index is 0.150. The molecule has 3 heterocycles. The zero-order valence-corrected chi connectivity index (χ0v) is 19.4. The number of hydrogen-bond acceptors (Lipinski definition) is 7. The van der Waals surface area contributed by atoms with Crippen LogP contribution in [0.3, 0.4) is 0 Å². The van der Waals surface area contributed by atoms with Crippen LogP contribution in [0, 0.1) is 6.92 Å². The van der Waals surface area contributed by atoms with E-state index >= 15 is 0 Å². The summed E-state index contributed by atoms with van der Waals surface area (Å²) in [7, 11) is 3.04. The maximum absolute atomic E-state index is 13.3. The molecule has 10 nitrogen and oxygen atoms in total. The Kier molecular flexibility index (Phi) is 6.64. The highest BCUT2D eigenvalue weighted by molar-refractivity contribution is 5.95. The number of aromatic nitrogens is 4. The molecular formula is C23H29N5O5. The molecule has 1 saturated heterocycles. The number of aromatic amines is 1. The van der Waals surface area contributed by atoms with Crippen LogP contribution >= 0.6 is 0 Å². The molecule has 1 aliphatic rings. The van der Waals surface area contributed by atoms with Gasteiger partial charge in [-0.05, 0) is 32.8 Å². The molecule has 0 saturated carbocycles. The second-order valence-electron chi connectivity index (χ2n) is 7.99. The Morgan fingerprint density at radius 1 is 1.24 bits per heavy atom.